The molecule has 0 aliphatic rings. The molecular weight excluding hydrogens is 408 g/mol. The van der Waals surface area contributed by atoms with E-state index in [1.165, 1.54) is 22.2 Å². The van der Waals surface area contributed by atoms with Crippen molar-refractivity contribution in [2.45, 2.75) is 33.4 Å². The molecule has 1 amide bonds. The summed E-state index contributed by atoms with van der Waals surface area (Å²) in [6, 6.07) is 19.7. The smallest absolute Gasteiger partial charge is 0.262 e. The van der Waals surface area contributed by atoms with E-state index in [1.807, 2.05) is 79.5 Å². The van der Waals surface area contributed by atoms with Crippen molar-refractivity contribution in [2.75, 3.05) is 5.01 Å². The normalized spacial score (nSPS) is 10.9. The average Bonchev–Trinajstić information content (AvgIpc) is 3.08. The number of aromatic nitrogens is 2. The molecule has 0 fully saturated rings. The number of carbonyl (C=O) groups is 1. The Balaban J connectivity index is 1.48. The highest BCUT2D eigenvalue weighted by Gasteiger charge is 2.14. The van der Waals surface area contributed by atoms with Gasteiger partial charge in [-0.1, -0.05) is 48.5 Å². The Kier molecular flexibility index (Phi) is 6.13. The van der Waals surface area contributed by atoms with E-state index in [0.29, 0.717) is 11.9 Å². The summed E-state index contributed by atoms with van der Waals surface area (Å²) < 4.78 is 1.52. The fourth-order valence-corrected chi connectivity index (χ4v) is 4.41. The van der Waals surface area contributed by atoms with Crippen LogP contribution in [0.5, 0.6) is 0 Å². The van der Waals surface area contributed by atoms with Gasteiger partial charge in [-0.3, -0.25) is 24.6 Å². The molecule has 31 heavy (non-hydrogen) atoms. The van der Waals surface area contributed by atoms with Crippen LogP contribution < -0.4 is 16.0 Å². The predicted molar refractivity (Wildman–Crippen MR) is 125 cm³/mol. The van der Waals surface area contributed by atoms with Gasteiger partial charge in [0.25, 0.3) is 5.56 Å². The molecule has 6 nitrogen and oxygen atoms in total. The molecule has 0 bridgehead atoms. The van der Waals surface area contributed by atoms with Crippen LogP contribution in [0.4, 0.5) is 5.69 Å². The van der Waals surface area contributed by atoms with Gasteiger partial charge in [0.1, 0.15) is 4.83 Å². The zero-order valence-electron chi connectivity index (χ0n) is 17.5. The van der Waals surface area contributed by atoms with E-state index in [0.717, 1.165) is 26.5 Å². The molecule has 0 aliphatic heterocycles. The average molecular weight is 433 g/mol. The van der Waals surface area contributed by atoms with Gasteiger partial charge in [-0.2, -0.15) is 0 Å². The lowest BCUT2D eigenvalue weighted by Crippen LogP contribution is -2.42. The van der Waals surface area contributed by atoms with E-state index >= 15 is 0 Å². The molecule has 0 aliphatic carbocycles. The minimum Gasteiger partial charge on any atom is -0.298 e. The number of thiophene rings is 1. The first-order valence-corrected chi connectivity index (χ1v) is 11.0. The van der Waals surface area contributed by atoms with Crippen molar-refractivity contribution in [3.63, 3.8) is 0 Å². The van der Waals surface area contributed by atoms with Crippen molar-refractivity contribution in [1.29, 1.82) is 0 Å². The summed E-state index contributed by atoms with van der Waals surface area (Å²) in [7, 11) is 0. The third-order valence-corrected chi connectivity index (χ3v) is 6.36. The van der Waals surface area contributed by atoms with Gasteiger partial charge in [0.05, 0.1) is 23.9 Å². The number of benzene rings is 2. The van der Waals surface area contributed by atoms with E-state index in [1.54, 1.807) is 0 Å². The van der Waals surface area contributed by atoms with E-state index in [4.69, 9.17) is 0 Å². The second-order valence-corrected chi connectivity index (χ2v) is 8.60. The number of hydrazine groups is 1. The van der Waals surface area contributed by atoms with Gasteiger partial charge >= 0.3 is 0 Å². The highest BCUT2D eigenvalue weighted by molar-refractivity contribution is 7.18. The van der Waals surface area contributed by atoms with Crippen LogP contribution in [0.25, 0.3) is 10.2 Å². The number of nitrogens with one attached hydrogen (secondary N) is 1. The van der Waals surface area contributed by atoms with Gasteiger partial charge in [0, 0.05) is 17.8 Å². The summed E-state index contributed by atoms with van der Waals surface area (Å²) in [5.74, 6) is -0.162. The molecule has 0 radical (unpaired) electrons. The maximum Gasteiger partial charge on any atom is 0.262 e. The SMILES string of the molecule is Cc1sc2ncn(CCC(=O)NN(Cc3ccccc3)c3ccccc3)c(=O)c2c1C. The van der Waals surface area contributed by atoms with Crippen LogP contribution >= 0.6 is 11.3 Å². The van der Waals surface area contributed by atoms with E-state index < -0.39 is 0 Å². The maximum absolute atomic E-state index is 12.8. The fourth-order valence-electron chi connectivity index (χ4n) is 3.43. The van der Waals surface area contributed by atoms with Crippen LogP contribution in [0, 0.1) is 13.8 Å². The number of hydrogen-bond acceptors (Lipinski definition) is 5. The molecule has 0 spiro atoms. The van der Waals surface area contributed by atoms with E-state index in [-0.39, 0.29) is 24.4 Å². The Hall–Kier alpha value is -3.45. The minimum absolute atomic E-state index is 0.0937. The van der Waals surface area contributed by atoms with Crippen molar-refractivity contribution in [2.24, 2.45) is 0 Å². The summed E-state index contributed by atoms with van der Waals surface area (Å²) in [5, 5.41) is 2.48. The second kappa shape index (κ2) is 9.14. The van der Waals surface area contributed by atoms with Crippen LogP contribution in [0.3, 0.4) is 0 Å². The first-order chi connectivity index (χ1) is 15.0. The molecule has 4 aromatic rings. The molecule has 4 rings (SSSR count). The molecule has 2 aromatic carbocycles. The number of rotatable bonds is 7. The van der Waals surface area contributed by atoms with Crippen molar-refractivity contribution >= 4 is 33.1 Å². The van der Waals surface area contributed by atoms with Crippen molar-refractivity contribution in [1.82, 2.24) is 15.0 Å². The van der Waals surface area contributed by atoms with Crippen LogP contribution in [0.15, 0.2) is 71.8 Å². The van der Waals surface area contributed by atoms with Crippen molar-refractivity contribution in [3.05, 3.63) is 93.3 Å². The van der Waals surface area contributed by atoms with E-state index in [2.05, 4.69) is 10.4 Å². The third-order valence-electron chi connectivity index (χ3n) is 5.25. The summed E-state index contributed by atoms with van der Waals surface area (Å²) in [6.07, 6.45) is 1.71. The van der Waals surface area contributed by atoms with Gasteiger partial charge in [-0.05, 0) is 37.1 Å². The molecular formula is C24H24N4O2S. The summed E-state index contributed by atoms with van der Waals surface area (Å²) >= 11 is 1.52. The number of hydrogen-bond donors (Lipinski definition) is 1. The fraction of sp³-hybridized carbons (Fsp3) is 0.208. The van der Waals surface area contributed by atoms with Gasteiger partial charge in [-0.15, -0.1) is 11.3 Å². The quantitative estimate of drug-likeness (QED) is 0.445. The Morgan fingerprint density at radius 2 is 1.74 bits per heavy atom. The van der Waals surface area contributed by atoms with Gasteiger partial charge in [0.2, 0.25) is 5.91 Å². The highest BCUT2D eigenvalue weighted by Crippen LogP contribution is 2.25. The lowest BCUT2D eigenvalue weighted by atomic mass is 10.2. The number of anilines is 1. The molecule has 158 valence electrons. The first-order valence-electron chi connectivity index (χ1n) is 10.1. The molecule has 1 N–H and O–H groups in total. The van der Waals surface area contributed by atoms with Crippen LogP contribution in [-0.2, 0) is 17.9 Å². The standard InChI is InChI=1S/C24H24N4O2S/c1-17-18(2)31-23-22(17)24(30)27(16-25-23)14-13-21(29)26-28(20-11-7-4-8-12-20)15-19-9-5-3-6-10-19/h3-12,16H,13-15H2,1-2H3,(H,26,29). The van der Waals surface area contributed by atoms with Crippen molar-refractivity contribution < 1.29 is 4.79 Å². The van der Waals surface area contributed by atoms with Gasteiger partial charge in [0.15, 0.2) is 0 Å². The number of amides is 1. The Bertz CT molecular complexity index is 1250. The maximum atomic E-state index is 12.8. The lowest BCUT2D eigenvalue weighted by Gasteiger charge is -2.25. The summed E-state index contributed by atoms with van der Waals surface area (Å²) in [5.41, 5.74) is 5.84. The summed E-state index contributed by atoms with van der Waals surface area (Å²) in [6.45, 7) is 4.74. The molecule has 2 heterocycles. The number of nitrogens with zero attached hydrogens (tertiary/aromatic N) is 3. The van der Waals surface area contributed by atoms with Crippen LogP contribution in [0.1, 0.15) is 22.4 Å². The number of para-hydroxylation sites is 1. The lowest BCUT2D eigenvalue weighted by molar-refractivity contribution is -0.121. The van der Waals surface area contributed by atoms with Crippen LogP contribution in [0.2, 0.25) is 0 Å². The van der Waals surface area contributed by atoms with Crippen molar-refractivity contribution in [3.8, 4) is 0 Å². The third kappa shape index (κ3) is 4.67. The molecule has 0 saturated carbocycles. The second-order valence-electron chi connectivity index (χ2n) is 7.40. The molecule has 7 heteroatoms. The monoisotopic (exact) mass is 432 g/mol. The summed E-state index contributed by atoms with van der Waals surface area (Å²) in [4.78, 5) is 31.8. The topological polar surface area (TPSA) is 67.2 Å². The Morgan fingerprint density at radius 3 is 2.45 bits per heavy atom. The minimum atomic E-state index is -0.162. The Morgan fingerprint density at radius 1 is 1.06 bits per heavy atom. The van der Waals surface area contributed by atoms with E-state index in [9.17, 15) is 9.59 Å². The zero-order valence-corrected chi connectivity index (χ0v) is 18.4. The predicted octanol–water partition coefficient (Wildman–Crippen LogP) is 4.20. The Labute approximate surface area is 184 Å². The van der Waals surface area contributed by atoms with Gasteiger partial charge in [-0.25, -0.2) is 4.98 Å². The highest BCUT2D eigenvalue weighted by atomic mass is 32.1. The molecule has 0 unspecified atom stereocenters. The zero-order chi connectivity index (χ0) is 21.8. The largest absolute Gasteiger partial charge is 0.298 e. The molecule has 2 aromatic heterocycles. The van der Waals surface area contributed by atoms with Gasteiger partial charge < -0.3 is 0 Å². The number of aryl methyl sites for hydroxylation is 3. The molecule has 0 atom stereocenters. The first kappa shape index (κ1) is 20.8. The number of fused-ring (bicyclic) bond motifs is 1. The number of carbonyl (C=O) groups excluding carboxylic acids is 1. The van der Waals surface area contributed by atoms with Crippen LogP contribution in [-0.4, -0.2) is 15.5 Å². The molecule has 0 saturated heterocycles.